The molecule has 1 saturated heterocycles. The molecule has 152 valence electrons. The molecule has 1 fully saturated rings. The van der Waals surface area contributed by atoms with Gasteiger partial charge in [0, 0.05) is 42.2 Å². The maximum atomic E-state index is 12.3. The SMILES string of the molecule is O=C(/C=C/c1ccc(N2CCCC2=O)cc1)Nc1cccc(C#Cc2ccccn2)c1. The monoisotopic (exact) mass is 407 g/mol. The van der Waals surface area contributed by atoms with Crippen LogP contribution in [0.25, 0.3) is 6.08 Å². The standard InChI is InChI=1S/C26H21N3O2/c30-25(16-12-20-10-14-24(15-11-20)29-18-4-8-26(29)31)28-23-7-3-5-21(19-23)9-13-22-6-1-2-17-27-22/h1-3,5-7,10-12,14-17,19H,4,8,18H2,(H,28,30)/b16-12+. The van der Waals surface area contributed by atoms with Gasteiger partial charge in [0.25, 0.3) is 0 Å². The van der Waals surface area contributed by atoms with E-state index in [1.165, 1.54) is 6.08 Å². The van der Waals surface area contributed by atoms with Gasteiger partial charge in [0.05, 0.1) is 0 Å². The van der Waals surface area contributed by atoms with Gasteiger partial charge < -0.3 is 10.2 Å². The molecular formula is C26H21N3O2. The summed E-state index contributed by atoms with van der Waals surface area (Å²) >= 11 is 0. The second kappa shape index (κ2) is 9.55. The summed E-state index contributed by atoms with van der Waals surface area (Å²) in [6.07, 6.45) is 6.44. The summed E-state index contributed by atoms with van der Waals surface area (Å²) in [5, 5.41) is 2.85. The number of hydrogen-bond donors (Lipinski definition) is 1. The number of nitrogens with zero attached hydrogens (tertiary/aromatic N) is 2. The van der Waals surface area contributed by atoms with E-state index in [1.807, 2.05) is 66.7 Å². The molecule has 0 bridgehead atoms. The highest BCUT2D eigenvalue weighted by atomic mass is 16.2. The first-order valence-electron chi connectivity index (χ1n) is 10.1. The van der Waals surface area contributed by atoms with Gasteiger partial charge in [0.2, 0.25) is 11.8 Å². The van der Waals surface area contributed by atoms with E-state index in [0.717, 1.165) is 29.8 Å². The van der Waals surface area contributed by atoms with Crippen LogP contribution in [0.3, 0.4) is 0 Å². The Morgan fingerprint density at radius 1 is 1.03 bits per heavy atom. The largest absolute Gasteiger partial charge is 0.322 e. The van der Waals surface area contributed by atoms with Crippen LogP contribution in [-0.2, 0) is 9.59 Å². The lowest BCUT2D eigenvalue weighted by atomic mass is 10.1. The molecule has 3 aromatic rings. The minimum Gasteiger partial charge on any atom is -0.322 e. The molecule has 1 aliphatic heterocycles. The zero-order chi connectivity index (χ0) is 21.5. The van der Waals surface area contributed by atoms with Crippen LogP contribution in [0.15, 0.2) is 79.0 Å². The second-order valence-electron chi connectivity index (χ2n) is 7.11. The Morgan fingerprint density at radius 2 is 1.90 bits per heavy atom. The van der Waals surface area contributed by atoms with Crippen LogP contribution in [0.1, 0.15) is 29.7 Å². The molecule has 2 amide bonds. The molecule has 0 atom stereocenters. The Hall–Kier alpha value is -4.17. The first-order chi connectivity index (χ1) is 15.2. The molecule has 2 aromatic carbocycles. The molecule has 0 spiro atoms. The minimum absolute atomic E-state index is 0.162. The number of amides is 2. The highest BCUT2D eigenvalue weighted by Gasteiger charge is 2.21. The second-order valence-corrected chi connectivity index (χ2v) is 7.11. The fourth-order valence-corrected chi connectivity index (χ4v) is 3.29. The summed E-state index contributed by atoms with van der Waals surface area (Å²) < 4.78 is 0. The number of hydrogen-bond acceptors (Lipinski definition) is 3. The molecule has 0 aliphatic carbocycles. The first kappa shape index (κ1) is 20.1. The minimum atomic E-state index is -0.228. The van der Waals surface area contributed by atoms with E-state index in [1.54, 1.807) is 17.2 Å². The molecule has 5 nitrogen and oxygen atoms in total. The molecular weight excluding hydrogens is 386 g/mol. The highest BCUT2D eigenvalue weighted by molar-refractivity contribution is 6.02. The number of nitrogens with one attached hydrogen (secondary N) is 1. The van der Waals surface area contributed by atoms with E-state index in [-0.39, 0.29) is 11.8 Å². The van der Waals surface area contributed by atoms with Crippen molar-refractivity contribution in [2.45, 2.75) is 12.8 Å². The highest BCUT2D eigenvalue weighted by Crippen LogP contribution is 2.22. The van der Waals surface area contributed by atoms with Crippen molar-refractivity contribution in [3.63, 3.8) is 0 Å². The normalized spacial score (nSPS) is 13.2. The van der Waals surface area contributed by atoms with Gasteiger partial charge in [-0.2, -0.15) is 0 Å². The summed E-state index contributed by atoms with van der Waals surface area (Å²) in [6, 6.07) is 20.6. The number of carbonyl (C=O) groups is 2. The van der Waals surface area contributed by atoms with Crippen molar-refractivity contribution in [2.75, 3.05) is 16.8 Å². The van der Waals surface area contributed by atoms with E-state index < -0.39 is 0 Å². The van der Waals surface area contributed by atoms with Gasteiger partial charge in [0.15, 0.2) is 0 Å². The Balaban J connectivity index is 1.37. The van der Waals surface area contributed by atoms with Crippen molar-refractivity contribution in [1.29, 1.82) is 0 Å². The van der Waals surface area contributed by atoms with Gasteiger partial charge in [-0.1, -0.05) is 30.2 Å². The van der Waals surface area contributed by atoms with Crippen molar-refractivity contribution < 1.29 is 9.59 Å². The summed E-state index contributed by atoms with van der Waals surface area (Å²) in [4.78, 5) is 30.1. The van der Waals surface area contributed by atoms with Crippen molar-refractivity contribution in [1.82, 2.24) is 4.98 Å². The third-order valence-electron chi connectivity index (χ3n) is 4.84. The van der Waals surface area contributed by atoms with E-state index in [4.69, 9.17) is 0 Å². The van der Waals surface area contributed by atoms with Crippen LogP contribution < -0.4 is 10.2 Å². The maximum Gasteiger partial charge on any atom is 0.248 e. The fourth-order valence-electron chi connectivity index (χ4n) is 3.29. The molecule has 2 heterocycles. The fraction of sp³-hybridized carbons (Fsp3) is 0.115. The molecule has 0 unspecified atom stereocenters. The predicted octanol–water partition coefficient (Wildman–Crippen LogP) is 4.26. The van der Waals surface area contributed by atoms with Crippen LogP contribution in [0, 0.1) is 11.8 Å². The van der Waals surface area contributed by atoms with Crippen LogP contribution >= 0.6 is 0 Å². The van der Waals surface area contributed by atoms with Gasteiger partial charge in [-0.25, -0.2) is 4.98 Å². The lowest BCUT2D eigenvalue weighted by Gasteiger charge is -2.15. The van der Waals surface area contributed by atoms with Crippen LogP contribution in [0.5, 0.6) is 0 Å². The third-order valence-corrected chi connectivity index (χ3v) is 4.84. The van der Waals surface area contributed by atoms with E-state index in [2.05, 4.69) is 22.1 Å². The molecule has 1 N–H and O–H groups in total. The lowest BCUT2D eigenvalue weighted by molar-refractivity contribution is -0.117. The summed E-state index contributed by atoms with van der Waals surface area (Å²) in [5.41, 5.74) is 3.94. The Morgan fingerprint density at radius 3 is 2.65 bits per heavy atom. The zero-order valence-electron chi connectivity index (χ0n) is 16.9. The molecule has 0 radical (unpaired) electrons. The molecule has 0 saturated carbocycles. The van der Waals surface area contributed by atoms with Gasteiger partial charge in [-0.15, -0.1) is 0 Å². The van der Waals surface area contributed by atoms with Gasteiger partial charge in [0.1, 0.15) is 5.69 Å². The van der Waals surface area contributed by atoms with Crippen LogP contribution in [-0.4, -0.2) is 23.3 Å². The number of aromatic nitrogens is 1. The van der Waals surface area contributed by atoms with E-state index >= 15 is 0 Å². The number of rotatable bonds is 4. The Kier molecular flexibility index (Phi) is 6.20. The Labute approximate surface area is 181 Å². The van der Waals surface area contributed by atoms with E-state index in [9.17, 15) is 9.59 Å². The zero-order valence-corrected chi connectivity index (χ0v) is 16.9. The third kappa shape index (κ3) is 5.46. The lowest BCUT2D eigenvalue weighted by Crippen LogP contribution is -2.23. The van der Waals surface area contributed by atoms with Crippen molar-refractivity contribution in [3.05, 3.63) is 95.8 Å². The Bertz CT molecular complexity index is 1170. The smallest absolute Gasteiger partial charge is 0.248 e. The topological polar surface area (TPSA) is 62.3 Å². The number of anilines is 2. The number of carbonyl (C=O) groups excluding carboxylic acids is 2. The first-order valence-corrected chi connectivity index (χ1v) is 10.1. The average molecular weight is 407 g/mol. The van der Waals surface area contributed by atoms with E-state index in [0.29, 0.717) is 17.8 Å². The summed E-state index contributed by atoms with van der Waals surface area (Å²) in [5.74, 6) is 5.99. The molecule has 5 heteroatoms. The van der Waals surface area contributed by atoms with Crippen molar-refractivity contribution in [2.24, 2.45) is 0 Å². The summed E-state index contributed by atoms with van der Waals surface area (Å²) in [6.45, 7) is 0.766. The molecule has 1 aromatic heterocycles. The predicted molar refractivity (Wildman–Crippen MR) is 122 cm³/mol. The van der Waals surface area contributed by atoms with Crippen molar-refractivity contribution >= 4 is 29.3 Å². The van der Waals surface area contributed by atoms with Crippen molar-refractivity contribution in [3.8, 4) is 11.8 Å². The number of pyridine rings is 1. The van der Waals surface area contributed by atoms with Gasteiger partial charge >= 0.3 is 0 Å². The molecule has 31 heavy (non-hydrogen) atoms. The number of benzene rings is 2. The summed E-state index contributed by atoms with van der Waals surface area (Å²) in [7, 11) is 0. The maximum absolute atomic E-state index is 12.3. The van der Waals surface area contributed by atoms with Crippen LogP contribution in [0.2, 0.25) is 0 Å². The van der Waals surface area contributed by atoms with Crippen LogP contribution in [0.4, 0.5) is 11.4 Å². The molecule has 4 rings (SSSR count). The van der Waals surface area contributed by atoms with Gasteiger partial charge in [-0.05, 0) is 66.4 Å². The molecule has 1 aliphatic rings. The quantitative estimate of drug-likeness (QED) is 0.519. The van der Waals surface area contributed by atoms with Gasteiger partial charge in [-0.3, -0.25) is 9.59 Å². The average Bonchev–Trinajstić information content (AvgIpc) is 3.23.